The maximum absolute atomic E-state index is 6.19. The number of aromatic nitrogens is 2. The van der Waals surface area contributed by atoms with Crippen LogP contribution in [0.5, 0.6) is 0 Å². The topological polar surface area (TPSA) is 29.9 Å². The summed E-state index contributed by atoms with van der Waals surface area (Å²) in [7, 11) is 1.98. The average molecular weight is 371 g/mol. The number of hydrogen-bond donors (Lipinski definition) is 1. The number of likely N-dealkylation sites (N-methyl/N-ethyl adjacent to an activating group) is 1. The van der Waals surface area contributed by atoms with Crippen molar-refractivity contribution in [2.45, 2.75) is 39.8 Å². The van der Waals surface area contributed by atoms with Gasteiger partial charge in [0.1, 0.15) is 0 Å². The third-order valence-electron chi connectivity index (χ3n) is 3.67. The molecule has 0 spiro atoms. The van der Waals surface area contributed by atoms with E-state index in [0.29, 0.717) is 0 Å². The zero-order chi connectivity index (χ0) is 15.6. The van der Waals surface area contributed by atoms with E-state index in [-0.39, 0.29) is 6.04 Å². The zero-order valence-corrected chi connectivity index (χ0v) is 15.2. The van der Waals surface area contributed by atoms with E-state index in [0.717, 1.165) is 28.2 Å². The molecule has 0 saturated carbocycles. The van der Waals surface area contributed by atoms with Gasteiger partial charge >= 0.3 is 0 Å². The van der Waals surface area contributed by atoms with Crippen LogP contribution in [0, 0.1) is 13.8 Å². The molecule has 0 amide bonds. The van der Waals surface area contributed by atoms with Gasteiger partial charge < -0.3 is 5.32 Å². The summed E-state index contributed by atoms with van der Waals surface area (Å²) in [6, 6.07) is 6.40. The molecule has 114 valence electrons. The number of aryl methyl sites for hydroxylation is 3. The first-order chi connectivity index (χ1) is 9.96. The van der Waals surface area contributed by atoms with Crippen molar-refractivity contribution >= 4 is 27.5 Å². The Labute approximate surface area is 139 Å². The van der Waals surface area contributed by atoms with E-state index in [1.165, 1.54) is 16.8 Å². The van der Waals surface area contributed by atoms with Crippen LogP contribution in [-0.2, 0) is 13.0 Å². The molecular weight excluding hydrogens is 350 g/mol. The molecule has 1 atom stereocenters. The first-order valence-electron chi connectivity index (χ1n) is 7.12. The highest BCUT2D eigenvalue weighted by atomic mass is 79.9. The van der Waals surface area contributed by atoms with Gasteiger partial charge in [-0.3, -0.25) is 4.68 Å². The Balaban J connectivity index is 2.35. The van der Waals surface area contributed by atoms with Crippen LogP contribution in [-0.4, -0.2) is 16.8 Å². The largest absolute Gasteiger partial charge is 0.313 e. The number of nitrogens with one attached hydrogen (secondary N) is 1. The molecule has 2 rings (SSSR count). The van der Waals surface area contributed by atoms with Gasteiger partial charge in [0, 0.05) is 24.0 Å². The molecule has 0 saturated heterocycles. The Kier molecular flexibility index (Phi) is 5.47. The van der Waals surface area contributed by atoms with E-state index in [1.54, 1.807) is 0 Å². The fourth-order valence-corrected chi connectivity index (χ4v) is 3.35. The monoisotopic (exact) mass is 369 g/mol. The van der Waals surface area contributed by atoms with Crippen molar-refractivity contribution in [2.75, 3.05) is 7.05 Å². The number of rotatable bonds is 5. The molecule has 1 aromatic carbocycles. The lowest BCUT2D eigenvalue weighted by Gasteiger charge is -2.18. The summed E-state index contributed by atoms with van der Waals surface area (Å²) >= 11 is 9.86. The van der Waals surface area contributed by atoms with E-state index >= 15 is 0 Å². The molecule has 1 N–H and O–H groups in total. The Bertz CT molecular complexity index is 616. The molecule has 0 aliphatic heterocycles. The summed E-state index contributed by atoms with van der Waals surface area (Å²) in [5.41, 5.74) is 4.63. The van der Waals surface area contributed by atoms with E-state index < -0.39 is 0 Å². The average Bonchev–Trinajstić information content (AvgIpc) is 2.70. The highest BCUT2D eigenvalue weighted by Gasteiger charge is 2.18. The highest BCUT2D eigenvalue weighted by molar-refractivity contribution is 9.10. The second kappa shape index (κ2) is 6.95. The summed E-state index contributed by atoms with van der Waals surface area (Å²) in [5, 5.41) is 8.73. The molecule has 0 fully saturated rings. The summed E-state index contributed by atoms with van der Waals surface area (Å²) < 4.78 is 3.16. The van der Waals surface area contributed by atoms with Crippen LogP contribution < -0.4 is 5.32 Å². The van der Waals surface area contributed by atoms with Crippen molar-refractivity contribution in [3.63, 3.8) is 0 Å². The number of hydrogen-bond acceptors (Lipinski definition) is 2. The number of nitrogens with zero attached hydrogens (tertiary/aromatic N) is 2. The van der Waals surface area contributed by atoms with Gasteiger partial charge in [0.15, 0.2) is 0 Å². The van der Waals surface area contributed by atoms with Crippen molar-refractivity contribution in [1.29, 1.82) is 0 Å². The maximum Gasteiger partial charge on any atom is 0.0738 e. The normalized spacial score (nSPS) is 12.7. The first-order valence-corrected chi connectivity index (χ1v) is 8.29. The van der Waals surface area contributed by atoms with E-state index in [2.05, 4.69) is 50.9 Å². The first kappa shape index (κ1) is 16.5. The lowest BCUT2D eigenvalue weighted by atomic mass is 10.00. The van der Waals surface area contributed by atoms with Crippen LogP contribution in [0.4, 0.5) is 0 Å². The van der Waals surface area contributed by atoms with Gasteiger partial charge in [0.25, 0.3) is 0 Å². The second-order valence-electron chi connectivity index (χ2n) is 5.27. The van der Waals surface area contributed by atoms with Gasteiger partial charge in [-0.15, -0.1) is 0 Å². The third kappa shape index (κ3) is 3.68. The molecule has 1 unspecified atom stereocenters. The van der Waals surface area contributed by atoms with E-state index in [9.17, 15) is 0 Å². The Morgan fingerprint density at radius 1 is 1.33 bits per heavy atom. The van der Waals surface area contributed by atoms with Gasteiger partial charge in [-0.2, -0.15) is 5.10 Å². The zero-order valence-electron chi connectivity index (χ0n) is 12.9. The van der Waals surface area contributed by atoms with Crippen LogP contribution in [0.1, 0.15) is 35.5 Å². The van der Waals surface area contributed by atoms with Crippen LogP contribution >= 0.6 is 27.5 Å². The molecule has 1 aromatic heterocycles. The fourth-order valence-electron chi connectivity index (χ4n) is 2.61. The molecule has 0 radical (unpaired) electrons. The van der Waals surface area contributed by atoms with Crippen LogP contribution in [0.2, 0.25) is 5.02 Å². The quantitative estimate of drug-likeness (QED) is 0.843. The maximum atomic E-state index is 6.19. The Hall–Kier alpha value is -0.840. The van der Waals surface area contributed by atoms with Crippen LogP contribution in [0.25, 0.3) is 0 Å². The van der Waals surface area contributed by atoms with Gasteiger partial charge in [-0.1, -0.05) is 17.7 Å². The molecule has 0 aliphatic carbocycles. The fraction of sp³-hybridized carbons (Fsp3) is 0.438. The summed E-state index contributed by atoms with van der Waals surface area (Å²) in [6.07, 6.45) is 0.867. The van der Waals surface area contributed by atoms with Gasteiger partial charge in [-0.05, 0) is 67.0 Å². The van der Waals surface area contributed by atoms with Crippen LogP contribution in [0.15, 0.2) is 22.7 Å². The minimum absolute atomic E-state index is 0.208. The summed E-state index contributed by atoms with van der Waals surface area (Å²) in [5.74, 6) is 0. The molecule has 1 heterocycles. The lowest BCUT2D eigenvalue weighted by Crippen LogP contribution is -2.21. The molecule has 5 heteroatoms. The predicted molar refractivity (Wildman–Crippen MR) is 92.0 cm³/mol. The smallest absolute Gasteiger partial charge is 0.0738 e. The van der Waals surface area contributed by atoms with Crippen molar-refractivity contribution < 1.29 is 0 Å². The number of halogens is 2. The third-order valence-corrected chi connectivity index (χ3v) is 4.92. The molecule has 0 bridgehead atoms. The molecule has 0 aliphatic rings. The van der Waals surface area contributed by atoms with Crippen molar-refractivity contribution in [2.24, 2.45) is 0 Å². The van der Waals surface area contributed by atoms with E-state index in [1.807, 2.05) is 26.1 Å². The SMILES string of the molecule is CCn1nc(C)c(Br)c1CC(NC)c1cc(C)cc(Cl)c1. The van der Waals surface area contributed by atoms with Crippen molar-refractivity contribution in [3.8, 4) is 0 Å². The Morgan fingerprint density at radius 2 is 2.05 bits per heavy atom. The van der Waals surface area contributed by atoms with Gasteiger partial charge in [0.05, 0.1) is 15.9 Å². The van der Waals surface area contributed by atoms with E-state index in [4.69, 9.17) is 11.6 Å². The van der Waals surface area contributed by atoms with Crippen LogP contribution in [0.3, 0.4) is 0 Å². The lowest BCUT2D eigenvalue weighted by molar-refractivity contribution is 0.540. The predicted octanol–water partition coefficient (Wildman–Crippen LogP) is 4.44. The minimum Gasteiger partial charge on any atom is -0.313 e. The summed E-state index contributed by atoms with van der Waals surface area (Å²) in [6.45, 7) is 7.07. The molecule has 21 heavy (non-hydrogen) atoms. The van der Waals surface area contributed by atoms with Crippen molar-refractivity contribution in [3.05, 3.63) is 50.2 Å². The number of benzene rings is 1. The molecular formula is C16H21BrClN3. The highest BCUT2D eigenvalue weighted by Crippen LogP contribution is 2.28. The minimum atomic E-state index is 0.208. The summed E-state index contributed by atoms with van der Waals surface area (Å²) in [4.78, 5) is 0. The van der Waals surface area contributed by atoms with Crippen molar-refractivity contribution in [1.82, 2.24) is 15.1 Å². The van der Waals surface area contributed by atoms with Gasteiger partial charge in [-0.25, -0.2) is 0 Å². The Morgan fingerprint density at radius 3 is 2.62 bits per heavy atom. The molecule has 3 nitrogen and oxygen atoms in total. The van der Waals surface area contributed by atoms with Gasteiger partial charge in [0.2, 0.25) is 0 Å². The second-order valence-corrected chi connectivity index (χ2v) is 6.50. The molecule has 2 aromatic rings. The standard InChI is InChI=1S/C16H21BrClN3/c1-5-21-15(16(17)11(3)20-21)9-14(19-4)12-6-10(2)7-13(18)8-12/h6-8,14,19H,5,9H2,1-4H3.